The number of rotatable bonds is 7. The minimum atomic E-state index is 0.495. The molecule has 78 valence electrons. The van der Waals surface area contributed by atoms with Crippen LogP contribution in [0.25, 0.3) is 0 Å². The van der Waals surface area contributed by atoms with Gasteiger partial charge in [0.15, 0.2) is 5.82 Å². The number of nitrogens with zero attached hydrogens (tertiary/aromatic N) is 2. The molecular formula is C10H17N3O. The van der Waals surface area contributed by atoms with Crippen molar-refractivity contribution in [3.05, 3.63) is 24.3 Å². The molecule has 1 rings (SSSR count). The molecule has 0 fully saturated rings. The van der Waals surface area contributed by atoms with Crippen LogP contribution in [-0.2, 0) is 11.3 Å². The largest absolute Gasteiger partial charge is 0.372 e. The maximum Gasteiger partial charge on any atom is 0.153 e. The molecule has 0 aliphatic heterocycles. The van der Waals surface area contributed by atoms with Gasteiger partial charge in [-0.2, -0.15) is 0 Å². The number of nitrogens with one attached hydrogen (secondary N) is 1. The summed E-state index contributed by atoms with van der Waals surface area (Å²) in [5, 5.41) is 3.26. The molecule has 1 aromatic heterocycles. The maximum atomic E-state index is 5.38. The summed E-state index contributed by atoms with van der Waals surface area (Å²) in [4.78, 5) is 8.11. The van der Waals surface area contributed by atoms with E-state index in [0.29, 0.717) is 13.2 Å². The molecule has 0 radical (unpaired) electrons. The highest BCUT2D eigenvalue weighted by atomic mass is 16.5. The molecule has 0 spiro atoms. The van der Waals surface area contributed by atoms with Crippen molar-refractivity contribution in [3.63, 3.8) is 0 Å². The van der Waals surface area contributed by atoms with E-state index in [4.69, 9.17) is 4.74 Å². The highest BCUT2D eigenvalue weighted by molar-refractivity contribution is 4.86. The molecule has 4 heteroatoms. The molecule has 0 aromatic carbocycles. The molecule has 4 nitrogen and oxygen atoms in total. The molecule has 0 saturated carbocycles. The SMILES string of the molecule is CCCNCCOCc1ncccn1. The summed E-state index contributed by atoms with van der Waals surface area (Å²) in [5.41, 5.74) is 0. The quantitative estimate of drug-likeness (QED) is 0.659. The van der Waals surface area contributed by atoms with Gasteiger partial charge in [0.05, 0.1) is 6.61 Å². The summed E-state index contributed by atoms with van der Waals surface area (Å²) < 4.78 is 5.38. The minimum absolute atomic E-state index is 0.495. The van der Waals surface area contributed by atoms with Crippen LogP contribution in [-0.4, -0.2) is 29.7 Å². The number of aromatic nitrogens is 2. The third-order valence-electron chi connectivity index (χ3n) is 1.70. The standard InChI is InChI=1S/C10H17N3O/c1-2-4-11-7-8-14-9-10-12-5-3-6-13-10/h3,5-6,11H,2,4,7-9H2,1H3. The van der Waals surface area contributed by atoms with E-state index in [0.717, 1.165) is 25.3 Å². The summed E-state index contributed by atoms with van der Waals surface area (Å²) in [6.07, 6.45) is 4.60. The summed E-state index contributed by atoms with van der Waals surface area (Å²) in [7, 11) is 0. The molecule has 0 saturated heterocycles. The Kier molecular flexibility index (Phi) is 5.86. The van der Waals surface area contributed by atoms with Crippen LogP contribution in [0.2, 0.25) is 0 Å². The Labute approximate surface area is 84.7 Å². The molecule has 0 unspecified atom stereocenters. The van der Waals surface area contributed by atoms with Crippen LogP contribution < -0.4 is 5.32 Å². The Morgan fingerprint density at radius 2 is 2.07 bits per heavy atom. The molecule has 0 aliphatic carbocycles. The maximum absolute atomic E-state index is 5.38. The van der Waals surface area contributed by atoms with E-state index in [1.807, 2.05) is 0 Å². The highest BCUT2D eigenvalue weighted by Gasteiger charge is 1.93. The van der Waals surface area contributed by atoms with Crippen LogP contribution in [0.15, 0.2) is 18.5 Å². The summed E-state index contributed by atoms with van der Waals surface area (Å²) in [6, 6.07) is 1.80. The minimum Gasteiger partial charge on any atom is -0.372 e. The van der Waals surface area contributed by atoms with E-state index < -0.39 is 0 Å². The summed E-state index contributed by atoms with van der Waals surface area (Å²) >= 11 is 0. The van der Waals surface area contributed by atoms with Gasteiger partial charge in [-0.3, -0.25) is 0 Å². The first-order valence-corrected chi connectivity index (χ1v) is 4.98. The zero-order valence-corrected chi connectivity index (χ0v) is 8.57. The number of hydrogen-bond acceptors (Lipinski definition) is 4. The van der Waals surface area contributed by atoms with Crippen molar-refractivity contribution < 1.29 is 4.74 Å². The van der Waals surface area contributed by atoms with E-state index in [2.05, 4.69) is 22.2 Å². The molecular weight excluding hydrogens is 178 g/mol. The average Bonchev–Trinajstić information content (AvgIpc) is 2.25. The van der Waals surface area contributed by atoms with Gasteiger partial charge >= 0.3 is 0 Å². The van der Waals surface area contributed by atoms with Crippen LogP contribution >= 0.6 is 0 Å². The summed E-state index contributed by atoms with van der Waals surface area (Å²) in [6.45, 7) is 5.28. The first-order valence-electron chi connectivity index (χ1n) is 4.98. The number of hydrogen-bond donors (Lipinski definition) is 1. The predicted octanol–water partition coefficient (Wildman–Crippen LogP) is 0.993. The zero-order valence-electron chi connectivity index (χ0n) is 8.57. The molecule has 0 atom stereocenters. The molecule has 1 heterocycles. The van der Waals surface area contributed by atoms with Gasteiger partial charge in [-0.05, 0) is 19.0 Å². The van der Waals surface area contributed by atoms with E-state index in [1.54, 1.807) is 18.5 Å². The third-order valence-corrected chi connectivity index (χ3v) is 1.70. The van der Waals surface area contributed by atoms with Gasteiger partial charge in [-0.1, -0.05) is 6.92 Å². The molecule has 0 bridgehead atoms. The highest BCUT2D eigenvalue weighted by Crippen LogP contribution is 1.90. The zero-order chi connectivity index (χ0) is 10.1. The molecule has 1 aromatic rings. The fraction of sp³-hybridized carbons (Fsp3) is 0.600. The average molecular weight is 195 g/mol. The van der Waals surface area contributed by atoms with Crippen molar-refractivity contribution in [1.82, 2.24) is 15.3 Å². The van der Waals surface area contributed by atoms with Gasteiger partial charge in [0.25, 0.3) is 0 Å². The predicted molar refractivity (Wildman–Crippen MR) is 54.8 cm³/mol. The van der Waals surface area contributed by atoms with Crippen molar-refractivity contribution in [1.29, 1.82) is 0 Å². The third kappa shape index (κ3) is 4.89. The summed E-state index contributed by atoms with van der Waals surface area (Å²) in [5.74, 6) is 0.739. The first kappa shape index (κ1) is 11.1. The van der Waals surface area contributed by atoms with Gasteiger partial charge in [0, 0.05) is 18.9 Å². The van der Waals surface area contributed by atoms with Gasteiger partial charge in [0.1, 0.15) is 6.61 Å². The molecule has 0 aliphatic rings. The lowest BCUT2D eigenvalue weighted by atomic mass is 10.5. The van der Waals surface area contributed by atoms with Gasteiger partial charge in [0.2, 0.25) is 0 Å². The Bertz CT molecular complexity index is 228. The topological polar surface area (TPSA) is 47.0 Å². The first-order chi connectivity index (χ1) is 6.93. The van der Waals surface area contributed by atoms with E-state index in [1.165, 1.54) is 0 Å². The van der Waals surface area contributed by atoms with Crippen LogP contribution in [0.5, 0.6) is 0 Å². The molecule has 0 amide bonds. The van der Waals surface area contributed by atoms with Crippen molar-refractivity contribution in [3.8, 4) is 0 Å². The fourth-order valence-electron chi connectivity index (χ4n) is 1.01. The normalized spacial score (nSPS) is 10.4. The van der Waals surface area contributed by atoms with Gasteiger partial charge in [-0.25, -0.2) is 9.97 Å². The van der Waals surface area contributed by atoms with E-state index in [9.17, 15) is 0 Å². The van der Waals surface area contributed by atoms with Crippen LogP contribution in [0.3, 0.4) is 0 Å². The van der Waals surface area contributed by atoms with Crippen molar-refractivity contribution in [2.75, 3.05) is 19.7 Å². The van der Waals surface area contributed by atoms with Crippen LogP contribution in [0.4, 0.5) is 0 Å². The van der Waals surface area contributed by atoms with Gasteiger partial charge < -0.3 is 10.1 Å². The Balaban J connectivity index is 1.99. The van der Waals surface area contributed by atoms with Crippen LogP contribution in [0, 0.1) is 0 Å². The smallest absolute Gasteiger partial charge is 0.153 e. The molecule has 1 N–H and O–H groups in total. The second-order valence-electron chi connectivity index (χ2n) is 2.97. The lowest BCUT2D eigenvalue weighted by Crippen LogP contribution is -2.20. The van der Waals surface area contributed by atoms with E-state index >= 15 is 0 Å². The van der Waals surface area contributed by atoms with Crippen molar-refractivity contribution in [2.45, 2.75) is 20.0 Å². The van der Waals surface area contributed by atoms with Crippen molar-refractivity contribution in [2.24, 2.45) is 0 Å². The number of ether oxygens (including phenoxy) is 1. The lowest BCUT2D eigenvalue weighted by molar-refractivity contribution is 0.117. The fourth-order valence-corrected chi connectivity index (χ4v) is 1.01. The molecule has 14 heavy (non-hydrogen) atoms. The Morgan fingerprint density at radius 3 is 2.79 bits per heavy atom. The Hall–Kier alpha value is -1.00. The second kappa shape index (κ2) is 7.41. The van der Waals surface area contributed by atoms with Crippen molar-refractivity contribution >= 4 is 0 Å². The van der Waals surface area contributed by atoms with Gasteiger partial charge in [-0.15, -0.1) is 0 Å². The van der Waals surface area contributed by atoms with E-state index in [-0.39, 0.29) is 0 Å². The lowest BCUT2D eigenvalue weighted by Gasteiger charge is -2.03. The Morgan fingerprint density at radius 1 is 1.29 bits per heavy atom. The second-order valence-corrected chi connectivity index (χ2v) is 2.97. The monoisotopic (exact) mass is 195 g/mol. The van der Waals surface area contributed by atoms with Crippen LogP contribution in [0.1, 0.15) is 19.2 Å².